The molecular weight excluding hydrogens is 365 g/mol. The Morgan fingerprint density at radius 2 is 2.08 bits per heavy atom. The highest BCUT2D eigenvalue weighted by Crippen LogP contribution is 2.56. The Hall–Kier alpha value is -2.05. The number of halogens is 2. The molecule has 1 fully saturated rings. The third-order valence-corrected chi connectivity index (χ3v) is 5.23. The predicted octanol–water partition coefficient (Wildman–Crippen LogP) is 3.88. The second-order valence-corrected chi connectivity index (χ2v) is 7.26. The summed E-state index contributed by atoms with van der Waals surface area (Å²) in [6.45, 7) is 1.40. The summed E-state index contributed by atoms with van der Waals surface area (Å²) >= 11 is 12.5. The summed E-state index contributed by atoms with van der Waals surface area (Å²) in [5, 5.41) is 9.68. The number of hydrogen-bond acceptors (Lipinski definition) is 4. The predicted molar refractivity (Wildman–Crippen MR) is 94.9 cm³/mol. The Morgan fingerprint density at radius 3 is 2.76 bits per heavy atom. The lowest BCUT2D eigenvalue weighted by Gasteiger charge is -2.18. The summed E-state index contributed by atoms with van der Waals surface area (Å²) in [6, 6.07) is 3.12. The van der Waals surface area contributed by atoms with E-state index in [0.717, 1.165) is 30.4 Å². The third-order valence-electron chi connectivity index (χ3n) is 4.66. The molecular formula is C17H15Cl2N3O3. The highest BCUT2D eigenvalue weighted by Gasteiger charge is 2.45. The molecule has 2 aromatic rings. The van der Waals surface area contributed by atoms with Crippen molar-refractivity contribution in [2.75, 3.05) is 5.32 Å². The fourth-order valence-corrected chi connectivity index (χ4v) is 4.03. The smallest absolute Gasteiger partial charge is 0.267 e. The van der Waals surface area contributed by atoms with E-state index in [1.807, 2.05) is 0 Å². The highest BCUT2D eigenvalue weighted by molar-refractivity contribution is 6.37. The van der Waals surface area contributed by atoms with E-state index in [4.69, 9.17) is 27.9 Å². The largest absolute Gasteiger partial charge is 0.434 e. The Bertz CT molecular complexity index is 918. The minimum Gasteiger partial charge on any atom is -0.434 e. The molecule has 1 saturated carbocycles. The number of ether oxygens (including phenoxy) is 1. The fraction of sp³-hybridized carbons (Fsp3) is 0.353. The quantitative estimate of drug-likeness (QED) is 0.847. The fourth-order valence-electron chi connectivity index (χ4n) is 3.47. The van der Waals surface area contributed by atoms with E-state index in [2.05, 4.69) is 15.5 Å². The number of rotatable bonds is 3. The first-order valence-electron chi connectivity index (χ1n) is 8.00. The number of carbonyl (C=O) groups is 1. The first kappa shape index (κ1) is 16.4. The number of amides is 1. The molecule has 1 aromatic carbocycles. The van der Waals surface area contributed by atoms with Crippen molar-refractivity contribution in [2.45, 2.75) is 32.1 Å². The van der Waals surface area contributed by atoms with Crippen molar-refractivity contribution < 1.29 is 9.53 Å². The van der Waals surface area contributed by atoms with Gasteiger partial charge in [-0.2, -0.15) is 0 Å². The van der Waals surface area contributed by atoms with Gasteiger partial charge in [0.25, 0.3) is 5.56 Å². The van der Waals surface area contributed by atoms with Gasteiger partial charge in [-0.05, 0) is 43.2 Å². The number of anilines is 1. The Balaban J connectivity index is 1.72. The van der Waals surface area contributed by atoms with E-state index < -0.39 is 0 Å². The number of hydrogen-bond donors (Lipinski definition) is 2. The van der Waals surface area contributed by atoms with Crippen LogP contribution >= 0.6 is 23.2 Å². The van der Waals surface area contributed by atoms with Crippen LogP contribution in [0.3, 0.4) is 0 Å². The van der Waals surface area contributed by atoms with Crippen LogP contribution in [-0.2, 0) is 11.2 Å². The van der Waals surface area contributed by atoms with Crippen LogP contribution in [0.25, 0.3) is 0 Å². The van der Waals surface area contributed by atoms with Gasteiger partial charge in [0.15, 0.2) is 5.75 Å². The number of nitrogens with zero attached hydrogens (tertiary/aromatic N) is 1. The first-order valence-corrected chi connectivity index (χ1v) is 8.75. The second-order valence-electron chi connectivity index (χ2n) is 6.44. The number of carbonyl (C=O) groups excluding carboxylic acids is 1. The Kier molecular flexibility index (Phi) is 3.96. The highest BCUT2D eigenvalue weighted by atomic mass is 35.5. The molecule has 25 heavy (non-hydrogen) atoms. The summed E-state index contributed by atoms with van der Waals surface area (Å²) in [5.74, 6) is 1.30. The van der Waals surface area contributed by atoms with Crippen LogP contribution in [0.15, 0.2) is 16.9 Å². The number of nitrogens with one attached hydrogen (secondary N) is 2. The van der Waals surface area contributed by atoms with Crippen LogP contribution in [0, 0.1) is 5.92 Å². The van der Waals surface area contributed by atoms with Gasteiger partial charge in [-0.3, -0.25) is 9.59 Å². The molecule has 2 N–H and O–H groups in total. The number of aromatic nitrogens is 2. The number of H-pyrrole nitrogens is 1. The molecule has 8 heteroatoms. The first-order chi connectivity index (χ1) is 11.9. The molecule has 4 rings (SSSR count). The third kappa shape index (κ3) is 3.00. The van der Waals surface area contributed by atoms with Gasteiger partial charge in [-0.1, -0.05) is 23.2 Å². The van der Waals surface area contributed by atoms with Crippen molar-refractivity contribution >= 4 is 34.8 Å². The van der Waals surface area contributed by atoms with Crippen molar-refractivity contribution in [3.8, 4) is 11.6 Å². The van der Waals surface area contributed by atoms with Crippen LogP contribution < -0.4 is 15.6 Å². The topological polar surface area (TPSA) is 84.1 Å². The maximum atomic E-state index is 12.0. The number of fused-ring (bicyclic) bond motifs is 3. The Morgan fingerprint density at radius 1 is 1.36 bits per heavy atom. The zero-order chi connectivity index (χ0) is 17.7. The molecule has 0 spiro atoms. The summed E-state index contributed by atoms with van der Waals surface area (Å²) in [5.41, 5.74) is 1.93. The van der Waals surface area contributed by atoms with E-state index in [-0.39, 0.29) is 27.3 Å². The van der Waals surface area contributed by atoms with Crippen LogP contribution in [-0.4, -0.2) is 16.1 Å². The molecule has 2 atom stereocenters. The SMILES string of the molecule is CC(=O)Nc1cc(Cl)c(Oc2n[nH]c(=O)c3c2C2CC2CC3)c(Cl)c1. The van der Waals surface area contributed by atoms with Gasteiger partial charge in [-0.25, -0.2) is 5.10 Å². The molecule has 2 aliphatic carbocycles. The lowest BCUT2D eigenvalue weighted by molar-refractivity contribution is -0.114. The van der Waals surface area contributed by atoms with Crippen LogP contribution in [0.4, 0.5) is 5.69 Å². The molecule has 0 saturated heterocycles. The van der Waals surface area contributed by atoms with Crippen molar-refractivity contribution in [3.63, 3.8) is 0 Å². The molecule has 0 bridgehead atoms. The summed E-state index contributed by atoms with van der Waals surface area (Å²) in [4.78, 5) is 23.2. The molecule has 1 heterocycles. The van der Waals surface area contributed by atoms with Crippen molar-refractivity contribution in [1.29, 1.82) is 0 Å². The summed E-state index contributed by atoms with van der Waals surface area (Å²) in [7, 11) is 0. The number of aromatic amines is 1. The van der Waals surface area contributed by atoms with Crippen molar-refractivity contribution in [3.05, 3.63) is 43.7 Å². The van der Waals surface area contributed by atoms with Gasteiger partial charge in [0, 0.05) is 23.7 Å². The van der Waals surface area contributed by atoms with Crippen LogP contribution in [0.2, 0.25) is 10.0 Å². The second kappa shape index (κ2) is 6.04. The van der Waals surface area contributed by atoms with Gasteiger partial charge in [0.2, 0.25) is 11.8 Å². The van der Waals surface area contributed by atoms with Crippen LogP contribution in [0.5, 0.6) is 11.6 Å². The maximum absolute atomic E-state index is 12.0. The van der Waals surface area contributed by atoms with E-state index >= 15 is 0 Å². The average Bonchev–Trinajstić information content (AvgIpc) is 3.31. The van der Waals surface area contributed by atoms with E-state index in [9.17, 15) is 9.59 Å². The molecule has 0 aliphatic heterocycles. The molecule has 1 aromatic heterocycles. The minimum absolute atomic E-state index is 0.161. The lowest BCUT2D eigenvalue weighted by atomic mass is 9.94. The van der Waals surface area contributed by atoms with Crippen molar-refractivity contribution in [1.82, 2.24) is 10.2 Å². The normalized spacial score (nSPS) is 20.4. The van der Waals surface area contributed by atoms with Crippen LogP contribution in [0.1, 0.15) is 36.8 Å². The van der Waals surface area contributed by atoms with E-state index in [0.29, 0.717) is 23.4 Å². The molecule has 130 valence electrons. The zero-order valence-corrected chi connectivity index (χ0v) is 14.9. The van der Waals surface area contributed by atoms with Gasteiger partial charge in [0.1, 0.15) is 0 Å². The van der Waals surface area contributed by atoms with Gasteiger partial charge in [-0.15, -0.1) is 5.10 Å². The molecule has 2 unspecified atom stereocenters. The minimum atomic E-state index is -0.225. The van der Waals surface area contributed by atoms with Gasteiger partial charge >= 0.3 is 0 Å². The average molecular weight is 380 g/mol. The van der Waals surface area contributed by atoms with Crippen molar-refractivity contribution in [2.24, 2.45) is 5.92 Å². The molecule has 2 aliphatic rings. The maximum Gasteiger partial charge on any atom is 0.267 e. The van der Waals surface area contributed by atoms with Gasteiger partial charge < -0.3 is 10.1 Å². The van der Waals surface area contributed by atoms with E-state index in [1.165, 1.54) is 6.92 Å². The molecule has 6 nitrogen and oxygen atoms in total. The lowest BCUT2D eigenvalue weighted by Crippen LogP contribution is -2.21. The standard InChI is InChI=1S/C17H15Cl2N3O3/c1-7(23)20-9-5-12(18)15(13(19)6-9)25-17-14-10(16(24)21-22-17)3-2-8-4-11(8)14/h5-6,8,11H,2-4H2,1H3,(H,20,23)(H,21,24). The van der Waals surface area contributed by atoms with Gasteiger partial charge in [0.05, 0.1) is 10.0 Å². The summed E-state index contributed by atoms with van der Waals surface area (Å²) < 4.78 is 5.89. The summed E-state index contributed by atoms with van der Waals surface area (Å²) in [6.07, 6.45) is 2.81. The Labute approximate surface area is 153 Å². The molecule has 1 amide bonds. The monoisotopic (exact) mass is 379 g/mol. The van der Waals surface area contributed by atoms with E-state index in [1.54, 1.807) is 12.1 Å². The zero-order valence-electron chi connectivity index (χ0n) is 13.4. The molecule has 0 radical (unpaired) electrons. The number of benzene rings is 1.